The maximum atomic E-state index is 12.5. The number of nitrogens with two attached hydrogens (primary N) is 1. The molecule has 1 aliphatic heterocycles. The third-order valence-corrected chi connectivity index (χ3v) is 3.84. The van der Waals surface area contributed by atoms with Crippen molar-refractivity contribution in [1.82, 2.24) is 4.98 Å². The molecule has 1 aromatic carbocycles. The average Bonchev–Trinajstić information content (AvgIpc) is 2.82. The van der Waals surface area contributed by atoms with E-state index in [4.69, 9.17) is 5.73 Å². The van der Waals surface area contributed by atoms with Crippen LogP contribution in [0.25, 0.3) is 0 Å². The molecule has 102 valence electrons. The van der Waals surface area contributed by atoms with Crippen LogP contribution >= 0.6 is 0 Å². The number of para-hydroxylation sites is 1. The second kappa shape index (κ2) is 4.96. The van der Waals surface area contributed by atoms with E-state index in [-0.39, 0.29) is 11.7 Å². The summed E-state index contributed by atoms with van der Waals surface area (Å²) in [5, 5.41) is 3.34. The van der Waals surface area contributed by atoms with Crippen molar-refractivity contribution in [2.75, 3.05) is 17.6 Å². The zero-order valence-corrected chi connectivity index (χ0v) is 11.4. The van der Waals surface area contributed by atoms with Gasteiger partial charge in [0.2, 0.25) is 0 Å². The van der Waals surface area contributed by atoms with E-state index >= 15 is 0 Å². The number of ketones is 1. The second-order valence-electron chi connectivity index (χ2n) is 5.18. The molecule has 3 rings (SSSR count). The molecule has 4 heteroatoms. The third-order valence-electron chi connectivity index (χ3n) is 3.84. The van der Waals surface area contributed by atoms with Gasteiger partial charge in [0.1, 0.15) is 5.82 Å². The summed E-state index contributed by atoms with van der Waals surface area (Å²) >= 11 is 0. The molecule has 1 aromatic heterocycles. The number of nitrogen functional groups attached to an aromatic ring is 1. The van der Waals surface area contributed by atoms with Crippen LogP contribution in [0.15, 0.2) is 36.5 Å². The van der Waals surface area contributed by atoms with Gasteiger partial charge in [-0.15, -0.1) is 0 Å². The zero-order chi connectivity index (χ0) is 14.1. The van der Waals surface area contributed by atoms with Gasteiger partial charge in [0.15, 0.2) is 5.78 Å². The number of aryl methyl sites for hydroxylation is 1. The van der Waals surface area contributed by atoms with Crippen LogP contribution in [0.4, 0.5) is 11.5 Å². The number of pyridine rings is 1. The molecule has 0 saturated carbocycles. The SMILES string of the molecule is Cc1ccnc(N)c1C(=O)CC1CNc2ccccc21. The normalized spacial score (nSPS) is 16.6. The molecule has 0 spiro atoms. The molecule has 1 aliphatic rings. The van der Waals surface area contributed by atoms with Crippen LogP contribution in [-0.4, -0.2) is 17.3 Å². The van der Waals surface area contributed by atoms with Crippen molar-refractivity contribution in [3.63, 3.8) is 0 Å². The van der Waals surface area contributed by atoms with E-state index in [9.17, 15) is 4.79 Å². The van der Waals surface area contributed by atoms with Gasteiger partial charge < -0.3 is 11.1 Å². The Morgan fingerprint density at radius 1 is 1.40 bits per heavy atom. The van der Waals surface area contributed by atoms with Crippen molar-refractivity contribution in [3.8, 4) is 0 Å². The summed E-state index contributed by atoms with van der Waals surface area (Å²) < 4.78 is 0. The van der Waals surface area contributed by atoms with Gasteiger partial charge in [-0.05, 0) is 30.2 Å². The number of fused-ring (bicyclic) bond motifs is 1. The van der Waals surface area contributed by atoms with Crippen LogP contribution in [0, 0.1) is 6.92 Å². The first-order valence-corrected chi connectivity index (χ1v) is 6.74. The lowest BCUT2D eigenvalue weighted by molar-refractivity contribution is 0.0975. The van der Waals surface area contributed by atoms with Crippen molar-refractivity contribution in [3.05, 3.63) is 53.2 Å². The van der Waals surface area contributed by atoms with Gasteiger partial charge in [-0.3, -0.25) is 4.79 Å². The van der Waals surface area contributed by atoms with Crippen molar-refractivity contribution >= 4 is 17.3 Å². The predicted molar refractivity (Wildman–Crippen MR) is 80.0 cm³/mol. The number of Topliss-reactive ketones (excluding diaryl/α,β-unsaturated/α-hetero) is 1. The van der Waals surface area contributed by atoms with E-state index in [1.165, 1.54) is 5.56 Å². The predicted octanol–water partition coefficient (Wildman–Crippen LogP) is 2.75. The lowest BCUT2D eigenvalue weighted by Gasteiger charge is -2.12. The standard InChI is InChI=1S/C16H17N3O/c1-10-6-7-18-16(17)15(10)14(20)8-11-9-19-13-5-3-2-4-12(11)13/h2-7,11,19H,8-9H2,1H3,(H2,17,18). The summed E-state index contributed by atoms with van der Waals surface area (Å²) in [6.45, 7) is 2.69. The Balaban J connectivity index is 1.85. The lowest BCUT2D eigenvalue weighted by Crippen LogP contribution is -2.13. The summed E-state index contributed by atoms with van der Waals surface area (Å²) in [7, 11) is 0. The fourth-order valence-electron chi connectivity index (χ4n) is 2.81. The van der Waals surface area contributed by atoms with E-state index in [1.807, 2.05) is 31.2 Å². The first-order valence-electron chi connectivity index (χ1n) is 6.74. The van der Waals surface area contributed by atoms with E-state index in [2.05, 4.69) is 16.4 Å². The van der Waals surface area contributed by atoms with Crippen LogP contribution < -0.4 is 11.1 Å². The topological polar surface area (TPSA) is 68.0 Å². The first-order chi connectivity index (χ1) is 9.66. The Hall–Kier alpha value is -2.36. The summed E-state index contributed by atoms with van der Waals surface area (Å²) in [6.07, 6.45) is 2.09. The largest absolute Gasteiger partial charge is 0.384 e. The van der Waals surface area contributed by atoms with Crippen LogP contribution in [0.3, 0.4) is 0 Å². The zero-order valence-electron chi connectivity index (χ0n) is 11.4. The van der Waals surface area contributed by atoms with E-state index in [0.29, 0.717) is 17.8 Å². The third kappa shape index (κ3) is 2.13. The number of aromatic nitrogens is 1. The van der Waals surface area contributed by atoms with Crippen LogP contribution in [-0.2, 0) is 0 Å². The molecule has 1 atom stereocenters. The van der Waals surface area contributed by atoms with Gasteiger partial charge in [0.25, 0.3) is 0 Å². The number of anilines is 2. The van der Waals surface area contributed by atoms with E-state index in [0.717, 1.165) is 17.8 Å². The molecular weight excluding hydrogens is 250 g/mol. The van der Waals surface area contributed by atoms with Gasteiger partial charge in [-0.2, -0.15) is 0 Å². The smallest absolute Gasteiger partial charge is 0.167 e. The lowest BCUT2D eigenvalue weighted by atomic mass is 9.92. The average molecular weight is 267 g/mol. The van der Waals surface area contributed by atoms with Gasteiger partial charge in [0.05, 0.1) is 5.56 Å². The van der Waals surface area contributed by atoms with Crippen molar-refractivity contribution in [2.45, 2.75) is 19.3 Å². The Labute approximate surface area is 118 Å². The number of hydrogen-bond acceptors (Lipinski definition) is 4. The number of nitrogens with zero attached hydrogens (tertiary/aromatic N) is 1. The molecule has 0 amide bonds. The van der Waals surface area contributed by atoms with Gasteiger partial charge >= 0.3 is 0 Å². The number of nitrogens with one attached hydrogen (secondary N) is 1. The highest BCUT2D eigenvalue weighted by Crippen LogP contribution is 2.34. The van der Waals surface area contributed by atoms with E-state index < -0.39 is 0 Å². The fourth-order valence-corrected chi connectivity index (χ4v) is 2.81. The highest BCUT2D eigenvalue weighted by molar-refractivity contribution is 6.01. The minimum absolute atomic E-state index is 0.0663. The maximum Gasteiger partial charge on any atom is 0.167 e. The van der Waals surface area contributed by atoms with Crippen LogP contribution in [0.5, 0.6) is 0 Å². The van der Waals surface area contributed by atoms with Crippen molar-refractivity contribution in [1.29, 1.82) is 0 Å². The van der Waals surface area contributed by atoms with Gasteiger partial charge in [-0.25, -0.2) is 4.98 Å². The molecule has 0 bridgehead atoms. The Kier molecular flexibility index (Phi) is 3.14. The quantitative estimate of drug-likeness (QED) is 0.839. The Morgan fingerprint density at radius 2 is 2.20 bits per heavy atom. The molecule has 0 fully saturated rings. The summed E-state index contributed by atoms with van der Waals surface area (Å²) in [6, 6.07) is 9.95. The minimum atomic E-state index is 0.0663. The van der Waals surface area contributed by atoms with Gasteiger partial charge in [0, 0.05) is 30.8 Å². The van der Waals surface area contributed by atoms with E-state index in [1.54, 1.807) is 6.20 Å². The number of carbonyl (C=O) groups is 1. The molecular formula is C16H17N3O. The molecule has 2 aromatic rings. The maximum absolute atomic E-state index is 12.5. The molecule has 2 heterocycles. The number of benzene rings is 1. The first kappa shape index (κ1) is 12.7. The van der Waals surface area contributed by atoms with Crippen LogP contribution in [0.2, 0.25) is 0 Å². The second-order valence-corrected chi connectivity index (χ2v) is 5.18. The summed E-state index contributed by atoms with van der Waals surface area (Å²) in [4.78, 5) is 16.5. The van der Waals surface area contributed by atoms with Crippen molar-refractivity contribution < 1.29 is 4.79 Å². The molecule has 20 heavy (non-hydrogen) atoms. The number of hydrogen-bond donors (Lipinski definition) is 2. The Bertz CT molecular complexity index is 646. The molecule has 0 radical (unpaired) electrons. The molecule has 3 N–H and O–H groups in total. The molecule has 1 unspecified atom stereocenters. The van der Waals surface area contributed by atoms with Gasteiger partial charge in [-0.1, -0.05) is 18.2 Å². The molecule has 0 saturated heterocycles. The monoisotopic (exact) mass is 267 g/mol. The highest BCUT2D eigenvalue weighted by atomic mass is 16.1. The Morgan fingerprint density at radius 3 is 3.00 bits per heavy atom. The number of rotatable bonds is 3. The molecule has 0 aliphatic carbocycles. The number of carbonyl (C=O) groups excluding carboxylic acids is 1. The highest BCUT2D eigenvalue weighted by Gasteiger charge is 2.25. The molecule has 4 nitrogen and oxygen atoms in total. The fraction of sp³-hybridized carbons (Fsp3) is 0.250. The minimum Gasteiger partial charge on any atom is -0.384 e. The summed E-state index contributed by atoms with van der Waals surface area (Å²) in [5.41, 5.74) is 9.64. The van der Waals surface area contributed by atoms with Crippen molar-refractivity contribution in [2.24, 2.45) is 0 Å². The summed E-state index contributed by atoms with van der Waals surface area (Å²) in [5.74, 6) is 0.601. The van der Waals surface area contributed by atoms with Crippen LogP contribution in [0.1, 0.15) is 33.8 Å².